The van der Waals surface area contributed by atoms with Crippen LogP contribution in [0.2, 0.25) is 0 Å². The summed E-state index contributed by atoms with van der Waals surface area (Å²) in [5, 5.41) is 9.24. The van der Waals surface area contributed by atoms with Crippen LogP contribution in [0.4, 0.5) is 4.39 Å². The fourth-order valence-electron chi connectivity index (χ4n) is 1.63. The van der Waals surface area contributed by atoms with Crippen molar-refractivity contribution in [2.24, 2.45) is 0 Å². The van der Waals surface area contributed by atoms with E-state index in [0.717, 1.165) is 29.6 Å². The highest BCUT2D eigenvalue weighted by Gasteiger charge is 2.28. The van der Waals surface area contributed by atoms with E-state index in [1.165, 1.54) is 14.0 Å². The average Bonchev–Trinajstić information content (AvgIpc) is 2.36. The van der Waals surface area contributed by atoms with E-state index in [1.807, 2.05) is 0 Å². The third-order valence-electron chi connectivity index (χ3n) is 2.56. The van der Waals surface area contributed by atoms with Gasteiger partial charge in [0.1, 0.15) is 5.82 Å². The Morgan fingerprint density at radius 2 is 2.10 bits per heavy atom. The number of rotatable bonds is 5. The van der Waals surface area contributed by atoms with E-state index < -0.39 is 32.8 Å². The number of aliphatic hydroxyl groups excluding tert-OH is 1. The topological polar surface area (TPSA) is 83.9 Å². The van der Waals surface area contributed by atoms with Gasteiger partial charge >= 0.3 is 5.97 Å². The Balaban J connectivity index is 3.36. The predicted octanol–water partition coefficient (Wildman–Crippen LogP) is 0.614. The van der Waals surface area contributed by atoms with Crippen LogP contribution in [0, 0.1) is 5.82 Å². The first kappa shape index (κ1) is 16.5. The van der Waals surface area contributed by atoms with Crippen LogP contribution in [0.1, 0.15) is 17.3 Å². The SMILES string of the molecule is COC(=O)c1ccc(F)cc1S(=O)(=O)N(C)CC(C)O. The molecule has 0 fully saturated rings. The maximum atomic E-state index is 13.3. The van der Waals surface area contributed by atoms with Crippen molar-refractivity contribution in [3.8, 4) is 0 Å². The van der Waals surface area contributed by atoms with Crippen LogP contribution in [0.25, 0.3) is 0 Å². The van der Waals surface area contributed by atoms with Crippen molar-refractivity contribution in [2.45, 2.75) is 17.9 Å². The molecule has 0 aliphatic rings. The summed E-state index contributed by atoms with van der Waals surface area (Å²) in [7, 11) is -1.78. The second kappa shape index (κ2) is 6.29. The Kier molecular flexibility index (Phi) is 5.21. The normalized spacial score (nSPS) is 13.3. The number of sulfonamides is 1. The van der Waals surface area contributed by atoms with Crippen LogP contribution in [0.5, 0.6) is 0 Å². The van der Waals surface area contributed by atoms with Gasteiger partial charge in [-0.3, -0.25) is 0 Å². The molecule has 0 spiro atoms. The van der Waals surface area contributed by atoms with E-state index in [2.05, 4.69) is 4.74 Å². The van der Waals surface area contributed by atoms with E-state index in [9.17, 15) is 22.7 Å². The molecule has 0 radical (unpaired) electrons. The molecular formula is C12H16FNO5S. The summed E-state index contributed by atoms with van der Waals surface area (Å²) in [5.41, 5.74) is -0.258. The zero-order valence-electron chi connectivity index (χ0n) is 11.3. The zero-order valence-corrected chi connectivity index (χ0v) is 12.1. The Labute approximate surface area is 116 Å². The average molecular weight is 305 g/mol. The molecule has 1 N–H and O–H groups in total. The van der Waals surface area contributed by atoms with Gasteiger partial charge in [-0.15, -0.1) is 0 Å². The molecule has 0 heterocycles. The minimum Gasteiger partial charge on any atom is -0.465 e. The maximum Gasteiger partial charge on any atom is 0.339 e. The molecule has 1 aromatic carbocycles. The molecule has 20 heavy (non-hydrogen) atoms. The molecule has 0 aromatic heterocycles. The Bertz CT molecular complexity index is 600. The van der Waals surface area contributed by atoms with Gasteiger partial charge in [0.05, 0.1) is 23.7 Å². The third-order valence-corrected chi connectivity index (χ3v) is 4.42. The number of carbonyl (C=O) groups is 1. The van der Waals surface area contributed by atoms with Crippen molar-refractivity contribution in [3.05, 3.63) is 29.6 Å². The van der Waals surface area contributed by atoms with Gasteiger partial charge in [-0.05, 0) is 25.1 Å². The first-order chi connectivity index (χ1) is 9.20. The first-order valence-electron chi connectivity index (χ1n) is 5.72. The van der Waals surface area contributed by atoms with Gasteiger partial charge in [0.15, 0.2) is 0 Å². The lowest BCUT2D eigenvalue weighted by Crippen LogP contribution is -2.34. The van der Waals surface area contributed by atoms with Crippen LogP contribution < -0.4 is 0 Å². The summed E-state index contributed by atoms with van der Waals surface area (Å²) in [5.74, 6) is -1.67. The largest absolute Gasteiger partial charge is 0.465 e. The number of ether oxygens (including phenoxy) is 1. The number of benzene rings is 1. The van der Waals surface area contributed by atoms with Gasteiger partial charge < -0.3 is 9.84 Å². The van der Waals surface area contributed by atoms with Gasteiger partial charge in [-0.1, -0.05) is 0 Å². The van der Waals surface area contributed by atoms with E-state index in [-0.39, 0.29) is 12.1 Å². The number of nitrogens with zero attached hydrogens (tertiary/aromatic N) is 1. The van der Waals surface area contributed by atoms with Crippen molar-refractivity contribution in [1.82, 2.24) is 4.31 Å². The molecule has 0 bridgehead atoms. The number of hydrogen-bond donors (Lipinski definition) is 1. The Morgan fingerprint density at radius 1 is 1.50 bits per heavy atom. The van der Waals surface area contributed by atoms with Crippen molar-refractivity contribution < 1.29 is 27.4 Å². The Hall–Kier alpha value is -1.51. The van der Waals surface area contributed by atoms with Gasteiger partial charge in [0, 0.05) is 13.6 Å². The Morgan fingerprint density at radius 3 is 2.60 bits per heavy atom. The molecule has 1 unspecified atom stereocenters. The van der Waals surface area contributed by atoms with Gasteiger partial charge in [-0.2, -0.15) is 4.31 Å². The highest BCUT2D eigenvalue weighted by Crippen LogP contribution is 2.21. The smallest absolute Gasteiger partial charge is 0.339 e. The third kappa shape index (κ3) is 3.53. The molecule has 1 aromatic rings. The zero-order chi connectivity index (χ0) is 15.5. The summed E-state index contributed by atoms with van der Waals surface area (Å²) in [6, 6.07) is 2.77. The lowest BCUT2D eigenvalue weighted by atomic mass is 10.2. The molecule has 0 saturated carbocycles. The van der Waals surface area contributed by atoms with Gasteiger partial charge in [0.25, 0.3) is 0 Å². The summed E-state index contributed by atoms with van der Waals surface area (Å²) >= 11 is 0. The second-order valence-electron chi connectivity index (χ2n) is 4.27. The molecule has 6 nitrogen and oxygen atoms in total. The summed E-state index contributed by atoms with van der Waals surface area (Å²) < 4.78 is 43.2. The molecule has 0 amide bonds. The van der Waals surface area contributed by atoms with Crippen LogP contribution in [0.15, 0.2) is 23.1 Å². The minimum atomic E-state index is -4.11. The number of esters is 1. The lowest BCUT2D eigenvalue weighted by molar-refractivity contribution is 0.0596. The maximum absolute atomic E-state index is 13.3. The fourth-order valence-corrected chi connectivity index (χ4v) is 3.06. The number of likely N-dealkylation sites (N-methyl/N-ethyl adjacent to an activating group) is 1. The number of aliphatic hydroxyl groups is 1. The predicted molar refractivity (Wildman–Crippen MR) is 69.2 cm³/mol. The molecular weight excluding hydrogens is 289 g/mol. The standard InChI is InChI=1S/C12H16FNO5S/c1-8(15)7-14(2)20(17,18)11-6-9(13)4-5-10(11)12(16)19-3/h4-6,8,15H,7H2,1-3H3. The van der Waals surface area contributed by atoms with Gasteiger partial charge in [-0.25, -0.2) is 17.6 Å². The monoisotopic (exact) mass is 305 g/mol. The van der Waals surface area contributed by atoms with Crippen LogP contribution in [-0.4, -0.2) is 50.6 Å². The molecule has 112 valence electrons. The van der Waals surface area contributed by atoms with E-state index in [4.69, 9.17) is 0 Å². The molecule has 0 aliphatic heterocycles. The minimum absolute atomic E-state index is 0.181. The van der Waals surface area contributed by atoms with Crippen molar-refractivity contribution in [2.75, 3.05) is 20.7 Å². The number of halogens is 1. The fraction of sp³-hybridized carbons (Fsp3) is 0.417. The van der Waals surface area contributed by atoms with Crippen molar-refractivity contribution in [3.63, 3.8) is 0 Å². The van der Waals surface area contributed by atoms with E-state index in [1.54, 1.807) is 0 Å². The van der Waals surface area contributed by atoms with E-state index in [0.29, 0.717) is 0 Å². The number of carbonyl (C=O) groups excluding carboxylic acids is 1. The van der Waals surface area contributed by atoms with Gasteiger partial charge in [0.2, 0.25) is 10.0 Å². The molecule has 0 aliphatic carbocycles. The number of methoxy groups -OCH3 is 1. The summed E-state index contributed by atoms with van der Waals surface area (Å²) in [4.78, 5) is 11.1. The number of hydrogen-bond acceptors (Lipinski definition) is 5. The lowest BCUT2D eigenvalue weighted by Gasteiger charge is -2.20. The molecule has 1 atom stereocenters. The van der Waals surface area contributed by atoms with Crippen LogP contribution >= 0.6 is 0 Å². The highest BCUT2D eigenvalue weighted by atomic mass is 32.2. The van der Waals surface area contributed by atoms with Crippen molar-refractivity contribution in [1.29, 1.82) is 0 Å². The highest BCUT2D eigenvalue weighted by molar-refractivity contribution is 7.89. The molecule has 0 saturated heterocycles. The molecule has 8 heteroatoms. The quantitative estimate of drug-likeness (QED) is 0.806. The van der Waals surface area contributed by atoms with Crippen LogP contribution in [0.3, 0.4) is 0 Å². The van der Waals surface area contributed by atoms with E-state index >= 15 is 0 Å². The summed E-state index contributed by atoms with van der Waals surface area (Å²) in [6.07, 6.45) is -0.898. The molecule has 1 rings (SSSR count). The van der Waals surface area contributed by atoms with Crippen LogP contribution in [-0.2, 0) is 14.8 Å². The van der Waals surface area contributed by atoms with Crippen molar-refractivity contribution >= 4 is 16.0 Å². The first-order valence-corrected chi connectivity index (χ1v) is 7.16. The second-order valence-corrected chi connectivity index (χ2v) is 6.28. The summed E-state index contributed by atoms with van der Waals surface area (Å²) in [6.45, 7) is 1.23.